The first kappa shape index (κ1) is 13.3. The van der Waals surface area contributed by atoms with Crippen LogP contribution in [0, 0.1) is 0 Å². The molecule has 1 fully saturated rings. The van der Waals surface area contributed by atoms with Crippen LogP contribution in [0.5, 0.6) is 0 Å². The van der Waals surface area contributed by atoms with Crippen LogP contribution < -0.4 is 0 Å². The van der Waals surface area contributed by atoms with Gasteiger partial charge in [0, 0.05) is 6.04 Å². The smallest absolute Gasteiger partial charge is 0.108 e. The van der Waals surface area contributed by atoms with Crippen molar-refractivity contribution in [3.63, 3.8) is 0 Å². The summed E-state index contributed by atoms with van der Waals surface area (Å²) in [6, 6.07) is 0.676. The van der Waals surface area contributed by atoms with Crippen molar-refractivity contribution in [3.8, 4) is 0 Å². The minimum atomic E-state index is -0.871. The second kappa shape index (κ2) is 6.74. The zero-order chi connectivity index (χ0) is 11.1. The molecule has 0 amide bonds. The van der Waals surface area contributed by atoms with Gasteiger partial charge in [-0.25, -0.2) is 0 Å². The summed E-state index contributed by atoms with van der Waals surface area (Å²) in [7, 11) is -0.871. The average molecular weight is 243 g/mol. The second-order valence-electron chi connectivity index (χ2n) is 5.37. The third-order valence-corrected chi connectivity index (χ3v) is 7.22. The first-order valence-corrected chi connectivity index (χ1v) is 11.4. The lowest BCUT2D eigenvalue weighted by Crippen LogP contribution is -2.14. The van der Waals surface area contributed by atoms with Gasteiger partial charge in [-0.3, -0.25) is 4.99 Å². The van der Waals surface area contributed by atoms with Gasteiger partial charge < -0.3 is 0 Å². The average Bonchev–Trinajstić information content (AvgIpc) is 2.61. The minimum Gasteiger partial charge on any atom is -0.294 e. The summed E-state index contributed by atoms with van der Waals surface area (Å²) in [5, 5.41) is 0. The SMILES string of the molecule is C[Si](C)(C)SCCC/C=N\C1CCCC1. The van der Waals surface area contributed by atoms with E-state index in [1.807, 2.05) is 0 Å². The Hall–Kier alpha value is 0.237. The van der Waals surface area contributed by atoms with E-state index in [4.69, 9.17) is 0 Å². The van der Waals surface area contributed by atoms with Crippen molar-refractivity contribution in [2.45, 2.75) is 64.2 Å². The van der Waals surface area contributed by atoms with Crippen molar-refractivity contribution in [2.75, 3.05) is 5.75 Å². The molecule has 1 nitrogen and oxygen atoms in total. The Bertz CT molecular complexity index is 192. The lowest BCUT2D eigenvalue weighted by atomic mass is 10.3. The topological polar surface area (TPSA) is 12.4 Å². The fourth-order valence-electron chi connectivity index (χ4n) is 1.83. The molecule has 1 saturated carbocycles. The Kier molecular flexibility index (Phi) is 5.98. The van der Waals surface area contributed by atoms with E-state index in [0.29, 0.717) is 6.04 Å². The Morgan fingerprint density at radius 1 is 1.27 bits per heavy atom. The largest absolute Gasteiger partial charge is 0.294 e. The molecular formula is C12H25NSSi. The molecule has 1 rings (SSSR count). The molecule has 0 unspecified atom stereocenters. The molecule has 0 saturated heterocycles. The molecule has 15 heavy (non-hydrogen) atoms. The van der Waals surface area contributed by atoms with E-state index in [2.05, 4.69) is 42.1 Å². The summed E-state index contributed by atoms with van der Waals surface area (Å²) in [5.74, 6) is 1.33. The molecule has 0 aromatic heterocycles. The van der Waals surface area contributed by atoms with Crippen molar-refractivity contribution in [3.05, 3.63) is 0 Å². The molecule has 0 radical (unpaired) electrons. The van der Waals surface area contributed by atoms with Crippen molar-refractivity contribution in [1.82, 2.24) is 0 Å². The lowest BCUT2D eigenvalue weighted by molar-refractivity contribution is 0.707. The zero-order valence-electron chi connectivity index (χ0n) is 10.5. The summed E-state index contributed by atoms with van der Waals surface area (Å²) >= 11 is 2.19. The molecule has 3 heteroatoms. The van der Waals surface area contributed by atoms with Gasteiger partial charge >= 0.3 is 0 Å². The third-order valence-electron chi connectivity index (χ3n) is 2.65. The second-order valence-corrected chi connectivity index (χ2v) is 14.8. The van der Waals surface area contributed by atoms with Crippen LogP contribution in [0.2, 0.25) is 19.6 Å². The van der Waals surface area contributed by atoms with Crippen LogP contribution in [0.25, 0.3) is 0 Å². The van der Waals surface area contributed by atoms with Crippen LogP contribution in [-0.4, -0.2) is 25.2 Å². The van der Waals surface area contributed by atoms with E-state index in [9.17, 15) is 0 Å². The van der Waals surface area contributed by atoms with Gasteiger partial charge in [0.25, 0.3) is 0 Å². The highest BCUT2D eigenvalue weighted by Crippen LogP contribution is 2.21. The molecule has 0 heterocycles. The monoisotopic (exact) mass is 243 g/mol. The summed E-state index contributed by atoms with van der Waals surface area (Å²) in [6.07, 6.45) is 10.1. The molecule has 1 aliphatic rings. The summed E-state index contributed by atoms with van der Waals surface area (Å²) in [4.78, 5) is 4.63. The fraction of sp³-hybridized carbons (Fsp3) is 0.917. The Balaban J connectivity index is 1.96. The van der Waals surface area contributed by atoms with E-state index in [0.717, 1.165) is 0 Å². The predicted molar refractivity (Wildman–Crippen MR) is 75.8 cm³/mol. The van der Waals surface area contributed by atoms with Gasteiger partial charge in [-0.15, -0.1) is 0 Å². The van der Waals surface area contributed by atoms with Crippen molar-refractivity contribution in [1.29, 1.82) is 0 Å². The van der Waals surface area contributed by atoms with Crippen LogP contribution in [-0.2, 0) is 0 Å². The standard InChI is InChI=1S/C12H25NSSi/c1-15(2,3)14-11-7-6-10-13-12-8-4-5-9-12/h10,12H,4-9,11H2,1-3H3/b13-10-. The number of hydrogen-bond acceptors (Lipinski definition) is 2. The third kappa shape index (κ3) is 7.18. The number of rotatable bonds is 6. The first-order valence-electron chi connectivity index (χ1n) is 6.23. The Morgan fingerprint density at radius 3 is 2.53 bits per heavy atom. The van der Waals surface area contributed by atoms with Crippen molar-refractivity contribution >= 4 is 24.6 Å². The minimum absolute atomic E-state index is 0.676. The fourth-order valence-corrected chi connectivity index (χ4v) is 5.02. The number of nitrogens with zero attached hydrogens (tertiary/aromatic N) is 1. The van der Waals surface area contributed by atoms with Gasteiger partial charge in [0.05, 0.1) is 0 Å². The molecule has 0 aromatic carbocycles. The molecule has 88 valence electrons. The number of aliphatic imine (C=N–C) groups is 1. The maximum atomic E-state index is 4.63. The quantitative estimate of drug-likeness (QED) is 0.384. The summed E-state index contributed by atoms with van der Waals surface area (Å²) < 4.78 is 0. The van der Waals surface area contributed by atoms with E-state index in [-0.39, 0.29) is 0 Å². The zero-order valence-corrected chi connectivity index (χ0v) is 12.3. The van der Waals surface area contributed by atoms with Gasteiger partial charge in [-0.1, -0.05) is 32.5 Å². The highest BCUT2D eigenvalue weighted by Gasteiger charge is 2.13. The summed E-state index contributed by atoms with van der Waals surface area (Å²) in [5.41, 5.74) is 0. The van der Waals surface area contributed by atoms with Crippen LogP contribution in [0.1, 0.15) is 38.5 Å². The van der Waals surface area contributed by atoms with Crippen LogP contribution in [0.15, 0.2) is 4.99 Å². The van der Waals surface area contributed by atoms with E-state index < -0.39 is 7.22 Å². The Labute approximate surface area is 99.8 Å². The number of unbranched alkanes of at least 4 members (excludes halogenated alkanes) is 1. The molecular weight excluding hydrogens is 218 g/mol. The van der Waals surface area contributed by atoms with Crippen molar-refractivity contribution in [2.24, 2.45) is 4.99 Å². The molecule has 0 aliphatic heterocycles. The molecule has 0 bridgehead atoms. The van der Waals surface area contributed by atoms with Gasteiger partial charge in [0.15, 0.2) is 0 Å². The van der Waals surface area contributed by atoms with Crippen LogP contribution in [0.4, 0.5) is 0 Å². The van der Waals surface area contributed by atoms with E-state index in [1.165, 1.54) is 44.3 Å². The lowest BCUT2D eigenvalue weighted by Gasteiger charge is -2.14. The normalized spacial score (nSPS) is 19.1. The van der Waals surface area contributed by atoms with E-state index >= 15 is 0 Å². The molecule has 1 aliphatic carbocycles. The van der Waals surface area contributed by atoms with Crippen LogP contribution in [0.3, 0.4) is 0 Å². The maximum Gasteiger partial charge on any atom is 0.108 e. The van der Waals surface area contributed by atoms with Crippen LogP contribution >= 0.6 is 11.2 Å². The predicted octanol–water partition coefficient (Wildman–Crippen LogP) is 4.35. The Morgan fingerprint density at radius 2 is 1.93 bits per heavy atom. The van der Waals surface area contributed by atoms with Crippen molar-refractivity contribution < 1.29 is 0 Å². The van der Waals surface area contributed by atoms with Gasteiger partial charge in [-0.05, 0) is 37.7 Å². The van der Waals surface area contributed by atoms with Gasteiger partial charge in [0.2, 0.25) is 0 Å². The van der Waals surface area contributed by atoms with Gasteiger partial charge in [-0.2, -0.15) is 11.2 Å². The molecule has 0 spiro atoms. The summed E-state index contributed by atoms with van der Waals surface area (Å²) in [6.45, 7) is 7.26. The van der Waals surface area contributed by atoms with Gasteiger partial charge in [0.1, 0.15) is 7.22 Å². The highest BCUT2D eigenvalue weighted by molar-refractivity contribution is 8.28. The molecule has 0 aromatic rings. The maximum absolute atomic E-state index is 4.63. The number of hydrogen-bond donors (Lipinski definition) is 0. The molecule has 0 N–H and O–H groups in total. The van der Waals surface area contributed by atoms with E-state index in [1.54, 1.807) is 0 Å². The highest BCUT2D eigenvalue weighted by atomic mass is 32.4. The molecule has 0 atom stereocenters. The first-order chi connectivity index (χ1) is 7.08.